The van der Waals surface area contributed by atoms with Crippen molar-refractivity contribution in [3.63, 3.8) is 0 Å². The molecule has 2 aromatic carbocycles. The van der Waals surface area contributed by atoms with Gasteiger partial charge in [-0.15, -0.1) is 0 Å². The number of non-ortho nitro benzene ring substituents is 1. The molecule has 5 nitrogen and oxygen atoms in total. The highest BCUT2D eigenvalue weighted by atomic mass is 79.9. The van der Waals surface area contributed by atoms with E-state index in [1.807, 2.05) is 44.2 Å². The molecule has 0 atom stereocenters. The molecule has 0 radical (unpaired) electrons. The van der Waals surface area contributed by atoms with Crippen LogP contribution in [0.15, 0.2) is 59.1 Å². The van der Waals surface area contributed by atoms with Crippen LogP contribution in [0.4, 0.5) is 5.69 Å². The number of halogens is 1. The summed E-state index contributed by atoms with van der Waals surface area (Å²) in [4.78, 5) is 10.5. The molecule has 0 amide bonds. The van der Waals surface area contributed by atoms with Gasteiger partial charge < -0.3 is 4.57 Å². The van der Waals surface area contributed by atoms with Gasteiger partial charge in [0.25, 0.3) is 5.69 Å². The van der Waals surface area contributed by atoms with Crippen LogP contribution in [0, 0.1) is 35.3 Å². The number of nitro groups is 1. The predicted octanol–water partition coefficient (Wildman–Crippen LogP) is 5.83. The monoisotopic (exact) mass is 421 g/mol. The van der Waals surface area contributed by atoms with E-state index in [2.05, 4.69) is 26.6 Å². The van der Waals surface area contributed by atoms with Crippen LogP contribution >= 0.6 is 15.9 Å². The van der Waals surface area contributed by atoms with E-state index in [1.54, 1.807) is 18.2 Å². The smallest absolute Gasteiger partial charge is 0.270 e. The van der Waals surface area contributed by atoms with Gasteiger partial charge in [-0.2, -0.15) is 5.26 Å². The number of allylic oxidation sites excluding steroid dienone is 1. The van der Waals surface area contributed by atoms with Crippen LogP contribution in [0.5, 0.6) is 0 Å². The Morgan fingerprint density at radius 1 is 1.19 bits per heavy atom. The van der Waals surface area contributed by atoms with Crippen molar-refractivity contribution in [1.82, 2.24) is 4.57 Å². The number of hydrogen-bond acceptors (Lipinski definition) is 3. The number of rotatable bonds is 4. The minimum absolute atomic E-state index is 0.0340. The number of nitrogens with zero attached hydrogens (tertiary/aromatic N) is 3. The van der Waals surface area contributed by atoms with Crippen LogP contribution in [-0.4, -0.2) is 9.49 Å². The molecule has 27 heavy (non-hydrogen) atoms. The van der Waals surface area contributed by atoms with E-state index in [9.17, 15) is 15.4 Å². The summed E-state index contributed by atoms with van der Waals surface area (Å²) in [5.74, 6) is 0. The highest BCUT2D eigenvalue weighted by Crippen LogP contribution is 2.27. The van der Waals surface area contributed by atoms with Crippen LogP contribution in [0.1, 0.15) is 22.5 Å². The molecule has 0 N–H and O–H groups in total. The van der Waals surface area contributed by atoms with Gasteiger partial charge in [0.15, 0.2) is 0 Å². The summed E-state index contributed by atoms with van der Waals surface area (Å²) in [5, 5.41) is 20.6. The average molecular weight is 422 g/mol. The summed E-state index contributed by atoms with van der Waals surface area (Å²) in [5.41, 5.74) is 4.82. The van der Waals surface area contributed by atoms with Crippen LogP contribution in [0.3, 0.4) is 0 Å². The molecule has 0 aliphatic carbocycles. The summed E-state index contributed by atoms with van der Waals surface area (Å²) in [6.07, 6.45) is 1.77. The molecule has 6 heteroatoms. The number of aryl methyl sites for hydroxylation is 1. The summed E-state index contributed by atoms with van der Waals surface area (Å²) in [6, 6.07) is 18.3. The fraction of sp³-hybridized carbons (Fsp3) is 0.0952. The molecule has 0 saturated heterocycles. The highest BCUT2D eigenvalue weighted by Gasteiger charge is 2.13. The first kappa shape index (κ1) is 18.6. The molecule has 3 aromatic rings. The summed E-state index contributed by atoms with van der Waals surface area (Å²) < 4.78 is 3.10. The molecule has 0 spiro atoms. The Kier molecular flexibility index (Phi) is 5.24. The Labute approximate surface area is 165 Å². The quantitative estimate of drug-likeness (QED) is 0.302. The summed E-state index contributed by atoms with van der Waals surface area (Å²) in [6.45, 7) is 3.99. The van der Waals surface area contributed by atoms with Gasteiger partial charge in [0.1, 0.15) is 0 Å². The van der Waals surface area contributed by atoms with E-state index in [-0.39, 0.29) is 5.69 Å². The third-order valence-corrected chi connectivity index (χ3v) is 4.82. The zero-order valence-corrected chi connectivity index (χ0v) is 16.4. The minimum atomic E-state index is -0.461. The molecule has 1 heterocycles. The van der Waals surface area contributed by atoms with Gasteiger partial charge in [0.05, 0.1) is 16.6 Å². The SMILES string of the molecule is Cc1cc(/C=C(/C#N)c2cccc([N+](=O)[O-])c2)c(C)n1-c1cccc(Br)c1. The second-order valence-electron chi connectivity index (χ2n) is 6.12. The summed E-state index contributed by atoms with van der Waals surface area (Å²) in [7, 11) is 0. The number of nitro benzene ring substituents is 1. The Hall–Kier alpha value is -3.17. The zero-order chi connectivity index (χ0) is 19.6. The number of benzene rings is 2. The Balaban J connectivity index is 2.09. The maximum absolute atomic E-state index is 11.0. The lowest BCUT2D eigenvalue weighted by Crippen LogP contribution is -1.98. The fourth-order valence-electron chi connectivity index (χ4n) is 3.07. The van der Waals surface area contributed by atoms with Gasteiger partial charge in [-0.25, -0.2) is 0 Å². The van der Waals surface area contributed by atoms with Gasteiger partial charge >= 0.3 is 0 Å². The normalized spacial score (nSPS) is 11.3. The van der Waals surface area contributed by atoms with Crippen LogP contribution in [-0.2, 0) is 0 Å². The van der Waals surface area contributed by atoms with E-state index >= 15 is 0 Å². The molecular weight excluding hydrogens is 406 g/mol. The van der Waals surface area contributed by atoms with E-state index in [4.69, 9.17) is 0 Å². The Bertz CT molecular complexity index is 1110. The molecule has 3 rings (SSSR count). The van der Waals surface area contributed by atoms with Gasteiger partial charge in [0.2, 0.25) is 0 Å². The number of aromatic nitrogens is 1. The maximum Gasteiger partial charge on any atom is 0.270 e. The van der Waals surface area contributed by atoms with Crippen molar-refractivity contribution in [2.45, 2.75) is 13.8 Å². The van der Waals surface area contributed by atoms with Gasteiger partial charge in [-0.3, -0.25) is 10.1 Å². The van der Waals surface area contributed by atoms with Crippen molar-refractivity contribution >= 4 is 33.3 Å². The van der Waals surface area contributed by atoms with Crippen molar-refractivity contribution in [2.75, 3.05) is 0 Å². The lowest BCUT2D eigenvalue weighted by Gasteiger charge is -2.10. The molecule has 0 fully saturated rings. The first-order valence-electron chi connectivity index (χ1n) is 8.22. The lowest BCUT2D eigenvalue weighted by molar-refractivity contribution is -0.384. The number of hydrogen-bond donors (Lipinski definition) is 0. The topological polar surface area (TPSA) is 71.9 Å². The van der Waals surface area contributed by atoms with Crippen LogP contribution in [0.2, 0.25) is 0 Å². The highest BCUT2D eigenvalue weighted by molar-refractivity contribution is 9.10. The van der Waals surface area contributed by atoms with Gasteiger partial charge in [0, 0.05) is 33.7 Å². The van der Waals surface area contributed by atoms with Crippen molar-refractivity contribution < 1.29 is 4.92 Å². The second kappa shape index (κ2) is 7.60. The lowest BCUT2D eigenvalue weighted by atomic mass is 10.0. The fourth-order valence-corrected chi connectivity index (χ4v) is 3.46. The molecule has 0 bridgehead atoms. The first-order chi connectivity index (χ1) is 12.9. The third kappa shape index (κ3) is 3.83. The third-order valence-electron chi connectivity index (χ3n) is 4.32. The molecule has 0 aliphatic heterocycles. The van der Waals surface area contributed by atoms with Crippen molar-refractivity contribution in [1.29, 1.82) is 5.26 Å². The van der Waals surface area contributed by atoms with E-state index in [1.165, 1.54) is 12.1 Å². The van der Waals surface area contributed by atoms with Crippen LogP contribution < -0.4 is 0 Å². The average Bonchev–Trinajstić information content (AvgIpc) is 2.93. The van der Waals surface area contributed by atoms with Crippen molar-refractivity contribution in [2.24, 2.45) is 0 Å². The van der Waals surface area contributed by atoms with E-state index in [0.717, 1.165) is 27.1 Å². The largest absolute Gasteiger partial charge is 0.318 e. The van der Waals surface area contributed by atoms with E-state index < -0.39 is 4.92 Å². The minimum Gasteiger partial charge on any atom is -0.318 e. The zero-order valence-electron chi connectivity index (χ0n) is 14.8. The van der Waals surface area contributed by atoms with Crippen molar-refractivity contribution in [3.05, 3.63) is 91.7 Å². The Morgan fingerprint density at radius 2 is 1.93 bits per heavy atom. The predicted molar refractivity (Wildman–Crippen MR) is 110 cm³/mol. The molecule has 0 aliphatic rings. The van der Waals surface area contributed by atoms with Gasteiger partial charge in [-0.1, -0.05) is 34.1 Å². The summed E-state index contributed by atoms with van der Waals surface area (Å²) >= 11 is 3.49. The van der Waals surface area contributed by atoms with Gasteiger partial charge in [-0.05, 0) is 55.3 Å². The van der Waals surface area contributed by atoms with Crippen LogP contribution in [0.25, 0.3) is 17.3 Å². The molecule has 0 unspecified atom stereocenters. The maximum atomic E-state index is 11.0. The Morgan fingerprint density at radius 3 is 2.59 bits per heavy atom. The molecule has 0 saturated carbocycles. The first-order valence-corrected chi connectivity index (χ1v) is 9.01. The standard InChI is InChI=1S/C21H16BrN3O2/c1-14-9-17(15(2)24(14)20-7-4-6-19(22)12-20)10-18(13-23)16-5-3-8-21(11-16)25(26)27/h3-12H,1-2H3/b18-10-. The number of nitriles is 1. The second-order valence-corrected chi connectivity index (χ2v) is 7.03. The van der Waals surface area contributed by atoms with E-state index in [0.29, 0.717) is 11.1 Å². The van der Waals surface area contributed by atoms with Crippen molar-refractivity contribution in [3.8, 4) is 11.8 Å². The molecule has 134 valence electrons. The molecular formula is C21H16BrN3O2. The molecule has 1 aromatic heterocycles.